The molecule has 4 nitrogen and oxygen atoms in total. The third-order valence-electron chi connectivity index (χ3n) is 2.92. The SMILES string of the molecule is COc1cc(-c2nccc(C(C)(C)C)n2)ccc1N. The van der Waals surface area contributed by atoms with Crippen LogP contribution in [0.4, 0.5) is 5.69 Å². The van der Waals surface area contributed by atoms with Gasteiger partial charge in [0.05, 0.1) is 12.8 Å². The standard InChI is InChI=1S/C15H19N3O/c1-15(2,3)13-7-8-17-14(18-13)10-5-6-11(16)12(9-10)19-4/h5-9H,16H2,1-4H3. The summed E-state index contributed by atoms with van der Waals surface area (Å²) in [5.41, 5.74) is 8.32. The summed E-state index contributed by atoms with van der Waals surface area (Å²) < 4.78 is 5.22. The molecular weight excluding hydrogens is 238 g/mol. The third-order valence-corrected chi connectivity index (χ3v) is 2.92. The Hall–Kier alpha value is -2.10. The number of rotatable bonds is 2. The van der Waals surface area contributed by atoms with Crippen LogP contribution in [0, 0.1) is 0 Å². The maximum absolute atomic E-state index is 5.81. The zero-order valence-electron chi connectivity index (χ0n) is 11.8. The van der Waals surface area contributed by atoms with E-state index >= 15 is 0 Å². The maximum Gasteiger partial charge on any atom is 0.159 e. The van der Waals surface area contributed by atoms with Gasteiger partial charge in [0.2, 0.25) is 0 Å². The van der Waals surface area contributed by atoms with E-state index in [1.165, 1.54) is 0 Å². The van der Waals surface area contributed by atoms with Crippen molar-refractivity contribution in [1.82, 2.24) is 9.97 Å². The highest BCUT2D eigenvalue weighted by Gasteiger charge is 2.16. The number of nitrogens with two attached hydrogens (primary N) is 1. The van der Waals surface area contributed by atoms with Gasteiger partial charge in [-0.2, -0.15) is 0 Å². The fourth-order valence-electron chi connectivity index (χ4n) is 1.77. The Morgan fingerprint density at radius 1 is 1.16 bits per heavy atom. The van der Waals surface area contributed by atoms with Crippen molar-refractivity contribution < 1.29 is 4.74 Å². The quantitative estimate of drug-likeness (QED) is 0.840. The van der Waals surface area contributed by atoms with Gasteiger partial charge >= 0.3 is 0 Å². The van der Waals surface area contributed by atoms with Crippen LogP contribution in [0.1, 0.15) is 26.5 Å². The lowest BCUT2D eigenvalue weighted by molar-refractivity contribution is 0.417. The predicted molar refractivity (Wildman–Crippen MR) is 77.1 cm³/mol. The fourth-order valence-corrected chi connectivity index (χ4v) is 1.77. The van der Waals surface area contributed by atoms with Gasteiger partial charge < -0.3 is 10.5 Å². The molecule has 19 heavy (non-hydrogen) atoms. The minimum atomic E-state index is -0.00438. The molecular formula is C15H19N3O. The number of anilines is 1. The van der Waals surface area contributed by atoms with Crippen molar-refractivity contribution >= 4 is 5.69 Å². The number of nitrogens with zero attached hydrogens (tertiary/aromatic N) is 2. The summed E-state index contributed by atoms with van der Waals surface area (Å²) in [5, 5.41) is 0. The molecule has 2 aromatic rings. The van der Waals surface area contributed by atoms with Gasteiger partial charge in [-0.3, -0.25) is 0 Å². The molecule has 0 saturated carbocycles. The molecule has 0 aliphatic heterocycles. The Labute approximate surface area is 113 Å². The lowest BCUT2D eigenvalue weighted by atomic mass is 9.92. The number of hydrogen-bond acceptors (Lipinski definition) is 4. The molecule has 100 valence electrons. The summed E-state index contributed by atoms with van der Waals surface area (Å²) in [6, 6.07) is 7.51. The van der Waals surface area contributed by atoms with Crippen LogP contribution in [0.25, 0.3) is 11.4 Å². The van der Waals surface area contributed by atoms with Crippen LogP contribution in [0.2, 0.25) is 0 Å². The number of hydrogen-bond donors (Lipinski definition) is 1. The van der Waals surface area contributed by atoms with E-state index < -0.39 is 0 Å². The molecule has 2 rings (SSSR count). The summed E-state index contributed by atoms with van der Waals surface area (Å²) >= 11 is 0. The van der Waals surface area contributed by atoms with Crippen molar-refractivity contribution in [3.63, 3.8) is 0 Å². The molecule has 0 atom stereocenters. The van der Waals surface area contributed by atoms with Crippen LogP contribution in [0.15, 0.2) is 30.5 Å². The average Bonchev–Trinajstić information content (AvgIpc) is 2.38. The van der Waals surface area contributed by atoms with Crippen molar-refractivity contribution in [1.29, 1.82) is 0 Å². The van der Waals surface area contributed by atoms with Crippen LogP contribution in [0.3, 0.4) is 0 Å². The van der Waals surface area contributed by atoms with Gasteiger partial charge in [-0.05, 0) is 24.3 Å². The Bertz CT molecular complexity index is 588. The van der Waals surface area contributed by atoms with E-state index in [1.54, 1.807) is 19.4 Å². The van der Waals surface area contributed by atoms with Crippen LogP contribution in [0.5, 0.6) is 5.75 Å². The molecule has 4 heteroatoms. The minimum absolute atomic E-state index is 0.00438. The van der Waals surface area contributed by atoms with Crippen molar-refractivity contribution in [3.8, 4) is 17.1 Å². The summed E-state index contributed by atoms with van der Waals surface area (Å²) in [5.74, 6) is 1.33. The molecule has 0 amide bonds. The van der Waals surface area contributed by atoms with Crippen LogP contribution < -0.4 is 10.5 Å². The van der Waals surface area contributed by atoms with E-state index in [-0.39, 0.29) is 5.41 Å². The van der Waals surface area contributed by atoms with Crippen LogP contribution in [-0.4, -0.2) is 17.1 Å². The van der Waals surface area contributed by atoms with Gasteiger partial charge in [-0.15, -0.1) is 0 Å². The molecule has 0 saturated heterocycles. The van der Waals surface area contributed by atoms with Gasteiger partial charge in [0, 0.05) is 22.9 Å². The summed E-state index contributed by atoms with van der Waals surface area (Å²) in [6.45, 7) is 6.38. The molecule has 1 heterocycles. The highest BCUT2D eigenvalue weighted by Crippen LogP contribution is 2.28. The maximum atomic E-state index is 5.81. The molecule has 0 fully saturated rings. The molecule has 1 aromatic carbocycles. The van der Waals surface area contributed by atoms with Gasteiger partial charge in [-0.1, -0.05) is 20.8 Å². The predicted octanol–water partition coefficient (Wildman–Crippen LogP) is 3.03. The normalized spacial score (nSPS) is 11.4. The second kappa shape index (κ2) is 4.88. The number of nitrogen functional groups attached to an aromatic ring is 1. The fraction of sp³-hybridized carbons (Fsp3) is 0.333. The van der Waals surface area contributed by atoms with Crippen molar-refractivity contribution in [2.24, 2.45) is 0 Å². The highest BCUT2D eigenvalue weighted by molar-refractivity contribution is 5.65. The first-order valence-electron chi connectivity index (χ1n) is 6.19. The lowest BCUT2D eigenvalue weighted by Crippen LogP contribution is -2.14. The van der Waals surface area contributed by atoms with E-state index in [4.69, 9.17) is 10.5 Å². The number of ether oxygens (including phenoxy) is 1. The Morgan fingerprint density at radius 3 is 2.53 bits per heavy atom. The monoisotopic (exact) mass is 257 g/mol. The molecule has 0 aliphatic carbocycles. The van der Waals surface area contributed by atoms with Crippen molar-refractivity contribution in [3.05, 3.63) is 36.2 Å². The molecule has 0 unspecified atom stereocenters. The Kier molecular flexibility index (Phi) is 3.42. The van der Waals surface area contributed by atoms with E-state index in [2.05, 4.69) is 30.7 Å². The van der Waals surface area contributed by atoms with E-state index in [0.29, 0.717) is 17.3 Å². The average molecular weight is 257 g/mol. The van der Waals surface area contributed by atoms with Crippen LogP contribution >= 0.6 is 0 Å². The smallest absolute Gasteiger partial charge is 0.159 e. The first-order chi connectivity index (χ1) is 8.91. The van der Waals surface area contributed by atoms with E-state index in [0.717, 1.165) is 11.3 Å². The third kappa shape index (κ3) is 2.84. The summed E-state index contributed by atoms with van der Waals surface area (Å²) in [6.07, 6.45) is 1.78. The zero-order chi connectivity index (χ0) is 14.0. The molecule has 2 N–H and O–H groups in total. The highest BCUT2D eigenvalue weighted by atomic mass is 16.5. The van der Waals surface area contributed by atoms with Gasteiger partial charge in [0.1, 0.15) is 5.75 Å². The van der Waals surface area contributed by atoms with Gasteiger partial charge in [0.15, 0.2) is 5.82 Å². The van der Waals surface area contributed by atoms with E-state index in [1.807, 2.05) is 18.2 Å². The molecule has 1 aromatic heterocycles. The Morgan fingerprint density at radius 2 is 1.89 bits per heavy atom. The number of aromatic nitrogens is 2. The second-order valence-electron chi connectivity index (χ2n) is 5.47. The molecule has 0 bridgehead atoms. The van der Waals surface area contributed by atoms with Crippen molar-refractivity contribution in [2.45, 2.75) is 26.2 Å². The van der Waals surface area contributed by atoms with E-state index in [9.17, 15) is 0 Å². The minimum Gasteiger partial charge on any atom is -0.495 e. The molecule has 0 aliphatic rings. The van der Waals surface area contributed by atoms with Gasteiger partial charge in [-0.25, -0.2) is 9.97 Å². The molecule has 0 radical (unpaired) electrons. The first kappa shape index (κ1) is 13.3. The number of methoxy groups -OCH3 is 1. The zero-order valence-corrected chi connectivity index (χ0v) is 11.8. The van der Waals surface area contributed by atoms with Gasteiger partial charge in [0.25, 0.3) is 0 Å². The summed E-state index contributed by atoms with van der Waals surface area (Å²) in [4.78, 5) is 8.93. The first-order valence-corrected chi connectivity index (χ1v) is 6.19. The second-order valence-corrected chi connectivity index (χ2v) is 5.47. The van der Waals surface area contributed by atoms with Crippen LogP contribution in [-0.2, 0) is 5.41 Å². The van der Waals surface area contributed by atoms with Crippen molar-refractivity contribution in [2.75, 3.05) is 12.8 Å². The Balaban J connectivity index is 2.47. The topological polar surface area (TPSA) is 61.0 Å². The summed E-state index contributed by atoms with van der Waals surface area (Å²) in [7, 11) is 1.60. The number of benzene rings is 1. The largest absolute Gasteiger partial charge is 0.495 e. The molecule has 0 spiro atoms. The lowest BCUT2D eigenvalue weighted by Gasteiger charge is -2.18.